The number of rotatable bonds is 8. The predicted molar refractivity (Wildman–Crippen MR) is 89.5 cm³/mol. The van der Waals surface area contributed by atoms with Gasteiger partial charge in [0.2, 0.25) is 0 Å². The van der Waals surface area contributed by atoms with Gasteiger partial charge in [0, 0.05) is 18.5 Å². The van der Waals surface area contributed by atoms with E-state index in [1.807, 2.05) is 58.0 Å². The molecule has 5 nitrogen and oxygen atoms in total. The van der Waals surface area contributed by atoms with Gasteiger partial charge >= 0.3 is 0 Å². The molecule has 0 aliphatic carbocycles. The first-order valence-electron chi connectivity index (χ1n) is 7.71. The Balaban J connectivity index is 2.39. The number of amidine groups is 1. The zero-order valence-electron chi connectivity index (χ0n) is 14.0. The largest absolute Gasteiger partial charge is 0.384 e. The van der Waals surface area contributed by atoms with Crippen LogP contribution in [-0.2, 0) is 16.1 Å². The van der Waals surface area contributed by atoms with Crippen molar-refractivity contribution in [1.82, 2.24) is 4.90 Å². The number of nitrogens with zero attached hydrogens (tertiary/aromatic N) is 2. The molecule has 0 unspecified atom stereocenters. The fourth-order valence-electron chi connectivity index (χ4n) is 2.38. The Labute approximate surface area is 133 Å². The average molecular weight is 305 g/mol. The lowest BCUT2D eigenvalue weighted by Crippen LogP contribution is -2.43. The minimum atomic E-state index is -0.0810. The molecule has 0 saturated carbocycles. The van der Waals surface area contributed by atoms with Gasteiger partial charge in [-0.15, -0.1) is 0 Å². The zero-order valence-corrected chi connectivity index (χ0v) is 14.0. The van der Waals surface area contributed by atoms with E-state index in [-0.39, 0.29) is 24.6 Å². The quantitative estimate of drug-likeness (QED) is 0.456. The van der Waals surface area contributed by atoms with Crippen LogP contribution in [0.2, 0.25) is 0 Å². The molecule has 1 amide bonds. The van der Waals surface area contributed by atoms with Crippen molar-refractivity contribution in [2.24, 2.45) is 10.9 Å². The fraction of sp³-hybridized carbons (Fsp3) is 0.529. The van der Waals surface area contributed by atoms with Crippen molar-refractivity contribution in [2.45, 2.75) is 52.6 Å². The summed E-state index contributed by atoms with van der Waals surface area (Å²) in [5.74, 6) is 0.321. The Bertz CT molecular complexity index is 476. The highest BCUT2D eigenvalue weighted by atomic mass is 16.6. The van der Waals surface area contributed by atoms with Crippen molar-refractivity contribution < 1.29 is 9.63 Å². The molecule has 0 heterocycles. The summed E-state index contributed by atoms with van der Waals surface area (Å²) in [6, 6.07) is 10.3. The number of nitrogens with two attached hydrogens (primary N) is 1. The van der Waals surface area contributed by atoms with Gasteiger partial charge in [-0.3, -0.25) is 4.79 Å². The number of hydrogen-bond donors (Lipinski definition) is 1. The number of carbonyl (C=O) groups is 1. The summed E-state index contributed by atoms with van der Waals surface area (Å²) in [4.78, 5) is 19.0. The molecule has 0 aliphatic heterocycles. The predicted octanol–water partition coefficient (Wildman–Crippen LogP) is 2.55. The second kappa shape index (κ2) is 9.07. The van der Waals surface area contributed by atoms with E-state index in [1.165, 1.54) is 5.56 Å². The maximum absolute atomic E-state index is 12.1. The Morgan fingerprint density at radius 3 is 2.32 bits per heavy atom. The molecule has 5 heteroatoms. The summed E-state index contributed by atoms with van der Waals surface area (Å²) < 4.78 is 0. The molecule has 1 aromatic rings. The van der Waals surface area contributed by atoms with Crippen LogP contribution in [0.15, 0.2) is 35.5 Å². The van der Waals surface area contributed by atoms with Gasteiger partial charge in [0.1, 0.15) is 5.84 Å². The molecule has 22 heavy (non-hydrogen) atoms. The van der Waals surface area contributed by atoms with E-state index in [4.69, 9.17) is 10.6 Å². The Morgan fingerprint density at radius 1 is 1.18 bits per heavy atom. The Kier molecular flexibility index (Phi) is 7.43. The van der Waals surface area contributed by atoms with E-state index in [1.54, 1.807) is 4.90 Å². The first kappa shape index (κ1) is 18.0. The van der Waals surface area contributed by atoms with Crippen LogP contribution >= 0.6 is 0 Å². The summed E-state index contributed by atoms with van der Waals surface area (Å²) in [5, 5.41) is 3.83. The molecule has 0 aliphatic rings. The van der Waals surface area contributed by atoms with Gasteiger partial charge in [0.15, 0.2) is 6.61 Å². The minimum Gasteiger partial charge on any atom is -0.384 e. The van der Waals surface area contributed by atoms with Crippen LogP contribution in [-0.4, -0.2) is 35.3 Å². The smallest absolute Gasteiger partial charge is 0.263 e. The van der Waals surface area contributed by atoms with E-state index in [0.29, 0.717) is 12.3 Å². The molecule has 0 aromatic heterocycles. The van der Waals surface area contributed by atoms with Crippen molar-refractivity contribution in [3.8, 4) is 0 Å². The lowest BCUT2D eigenvalue weighted by Gasteiger charge is -2.30. The van der Waals surface area contributed by atoms with E-state index in [9.17, 15) is 4.79 Å². The zero-order chi connectivity index (χ0) is 16.5. The normalized spacial score (nSPS) is 11.8. The van der Waals surface area contributed by atoms with Crippen LogP contribution in [0.5, 0.6) is 0 Å². The summed E-state index contributed by atoms with van der Waals surface area (Å²) in [6.07, 6.45) is 1.41. The van der Waals surface area contributed by atoms with Crippen molar-refractivity contribution in [2.75, 3.05) is 6.61 Å². The lowest BCUT2D eigenvalue weighted by atomic mass is 10.1. The van der Waals surface area contributed by atoms with Gasteiger partial charge in [0.05, 0.1) is 0 Å². The molecule has 0 saturated heterocycles. The molecule has 1 aromatic carbocycles. The maximum atomic E-state index is 12.1. The molecular weight excluding hydrogens is 278 g/mol. The third kappa shape index (κ3) is 6.16. The average Bonchev–Trinajstić information content (AvgIpc) is 2.45. The molecule has 0 fully saturated rings. The number of carbonyl (C=O) groups excluding carboxylic acids is 1. The van der Waals surface area contributed by atoms with Crippen LogP contribution < -0.4 is 5.73 Å². The van der Waals surface area contributed by atoms with Gasteiger partial charge in [-0.2, -0.15) is 0 Å². The van der Waals surface area contributed by atoms with Crippen molar-refractivity contribution >= 4 is 11.7 Å². The standard InChI is InChI=1S/C17H27N3O2/c1-13(2)20(14(3)4)17(21)12-22-19-16(18)11-10-15-8-6-5-7-9-15/h5-9,13-14H,10-12H2,1-4H3,(H2,18,19). The Hall–Kier alpha value is -2.04. The van der Waals surface area contributed by atoms with Crippen LogP contribution in [0.25, 0.3) is 0 Å². The number of benzene rings is 1. The molecule has 0 spiro atoms. The van der Waals surface area contributed by atoms with Gasteiger partial charge in [-0.05, 0) is 39.7 Å². The highest BCUT2D eigenvalue weighted by Gasteiger charge is 2.20. The van der Waals surface area contributed by atoms with Crippen LogP contribution in [0.3, 0.4) is 0 Å². The minimum absolute atomic E-state index is 0.0791. The summed E-state index contributed by atoms with van der Waals surface area (Å²) >= 11 is 0. The maximum Gasteiger partial charge on any atom is 0.263 e. The molecule has 2 N–H and O–H groups in total. The number of oxime groups is 1. The van der Waals surface area contributed by atoms with E-state index in [0.717, 1.165) is 6.42 Å². The molecule has 0 atom stereocenters. The second-order valence-electron chi connectivity index (χ2n) is 5.83. The molecule has 1 rings (SSSR count). The third-order valence-electron chi connectivity index (χ3n) is 3.28. The third-order valence-corrected chi connectivity index (χ3v) is 3.28. The van der Waals surface area contributed by atoms with Crippen molar-refractivity contribution in [3.05, 3.63) is 35.9 Å². The SMILES string of the molecule is CC(C)N(C(=O)CO/N=C(\N)CCc1ccccc1)C(C)C. The molecular formula is C17H27N3O2. The fourth-order valence-corrected chi connectivity index (χ4v) is 2.38. The lowest BCUT2D eigenvalue weighted by molar-refractivity contribution is -0.139. The van der Waals surface area contributed by atoms with Crippen LogP contribution in [0, 0.1) is 0 Å². The van der Waals surface area contributed by atoms with E-state index < -0.39 is 0 Å². The summed E-state index contributed by atoms with van der Waals surface area (Å²) in [6.45, 7) is 7.85. The highest BCUT2D eigenvalue weighted by Crippen LogP contribution is 2.06. The molecule has 0 bridgehead atoms. The topological polar surface area (TPSA) is 67.9 Å². The monoisotopic (exact) mass is 305 g/mol. The van der Waals surface area contributed by atoms with E-state index >= 15 is 0 Å². The van der Waals surface area contributed by atoms with Gasteiger partial charge in [-0.1, -0.05) is 35.5 Å². The van der Waals surface area contributed by atoms with Crippen molar-refractivity contribution in [3.63, 3.8) is 0 Å². The number of amides is 1. The number of aryl methyl sites for hydroxylation is 1. The Morgan fingerprint density at radius 2 is 1.77 bits per heavy atom. The highest BCUT2D eigenvalue weighted by molar-refractivity contribution is 5.80. The van der Waals surface area contributed by atoms with Gasteiger partial charge in [-0.25, -0.2) is 0 Å². The second-order valence-corrected chi connectivity index (χ2v) is 5.83. The summed E-state index contributed by atoms with van der Waals surface area (Å²) in [5.41, 5.74) is 7.00. The van der Waals surface area contributed by atoms with Crippen molar-refractivity contribution in [1.29, 1.82) is 0 Å². The number of hydrogen-bond acceptors (Lipinski definition) is 3. The summed E-state index contributed by atoms with van der Waals surface area (Å²) in [7, 11) is 0. The first-order chi connectivity index (χ1) is 10.4. The first-order valence-corrected chi connectivity index (χ1v) is 7.71. The van der Waals surface area contributed by atoms with Gasteiger partial charge in [0.25, 0.3) is 5.91 Å². The van der Waals surface area contributed by atoms with E-state index in [2.05, 4.69) is 5.16 Å². The van der Waals surface area contributed by atoms with Crippen LogP contribution in [0.4, 0.5) is 0 Å². The van der Waals surface area contributed by atoms with Gasteiger partial charge < -0.3 is 15.5 Å². The van der Waals surface area contributed by atoms with Crippen LogP contribution in [0.1, 0.15) is 39.7 Å². The molecule has 122 valence electrons. The molecule has 0 radical (unpaired) electrons.